The lowest BCUT2D eigenvalue weighted by Crippen LogP contribution is -2.23. The molecule has 1 aliphatic carbocycles. The summed E-state index contributed by atoms with van der Waals surface area (Å²) in [5.74, 6) is 0.183. The van der Waals surface area contributed by atoms with Crippen LogP contribution in [0, 0.1) is 5.92 Å². The van der Waals surface area contributed by atoms with Crippen LogP contribution >= 0.6 is 24.8 Å². The molecule has 2 rings (SSSR count). The highest BCUT2D eigenvalue weighted by molar-refractivity contribution is 5.92. The van der Waals surface area contributed by atoms with Gasteiger partial charge in [0.25, 0.3) is 0 Å². The van der Waals surface area contributed by atoms with E-state index in [9.17, 15) is 4.79 Å². The second-order valence-electron chi connectivity index (χ2n) is 5.70. The fourth-order valence-electron chi connectivity index (χ4n) is 2.61. The molecule has 6 heteroatoms. The van der Waals surface area contributed by atoms with E-state index in [4.69, 9.17) is 5.73 Å². The zero-order chi connectivity index (χ0) is 13.8. The van der Waals surface area contributed by atoms with E-state index in [-0.39, 0.29) is 42.7 Å². The molecule has 120 valence electrons. The van der Waals surface area contributed by atoms with Gasteiger partial charge in [0, 0.05) is 24.2 Å². The first kappa shape index (κ1) is 20.2. The summed E-state index contributed by atoms with van der Waals surface area (Å²) < 4.78 is 0. The first-order valence-corrected chi connectivity index (χ1v) is 6.84. The zero-order valence-corrected chi connectivity index (χ0v) is 14.2. The van der Waals surface area contributed by atoms with Crippen molar-refractivity contribution < 1.29 is 4.79 Å². The van der Waals surface area contributed by atoms with Crippen molar-refractivity contribution in [2.75, 3.05) is 19.4 Å². The Hall–Kier alpha value is -0.810. The van der Waals surface area contributed by atoms with Gasteiger partial charge in [-0.2, -0.15) is 0 Å². The predicted molar refractivity (Wildman–Crippen MR) is 92.3 cm³/mol. The molecule has 3 N–H and O–H groups in total. The number of amides is 1. The molecule has 0 bridgehead atoms. The number of carbonyl (C=O) groups is 1. The molecule has 0 radical (unpaired) electrons. The van der Waals surface area contributed by atoms with Crippen LogP contribution in [0.4, 0.5) is 5.69 Å². The number of carbonyl (C=O) groups excluding carboxylic acids is 1. The quantitative estimate of drug-likeness (QED) is 0.890. The summed E-state index contributed by atoms with van der Waals surface area (Å²) in [6.45, 7) is 0.873. The molecule has 21 heavy (non-hydrogen) atoms. The van der Waals surface area contributed by atoms with Gasteiger partial charge in [-0.25, -0.2) is 0 Å². The first-order valence-electron chi connectivity index (χ1n) is 6.84. The van der Waals surface area contributed by atoms with E-state index in [2.05, 4.69) is 16.3 Å². The highest BCUT2D eigenvalue weighted by atomic mass is 35.5. The van der Waals surface area contributed by atoms with Gasteiger partial charge in [-0.05, 0) is 51.1 Å². The minimum Gasteiger partial charge on any atom is -0.328 e. The molecule has 0 aliphatic heterocycles. The third kappa shape index (κ3) is 6.22. The number of benzene rings is 1. The van der Waals surface area contributed by atoms with E-state index < -0.39 is 0 Å². The smallest absolute Gasteiger partial charge is 0.227 e. The largest absolute Gasteiger partial charge is 0.328 e. The van der Waals surface area contributed by atoms with E-state index in [0.29, 0.717) is 0 Å². The summed E-state index contributed by atoms with van der Waals surface area (Å²) in [7, 11) is 4.07. The van der Waals surface area contributed by atoms with Crippen molar-refractivity contribution in [1.82, 2.24) is 4.90 Å². The second kappa shape index (κ2) is 9.26. The van der Waals surface area contributed by atoms with Crippen LogP contribution in [0.1, 0.15) is 24.8 Å². The average molecular weight is 334 g/mol. The van der Waals surface area contributed by atoms with Gasteiger partial charge in [0.1, 0.15) is 0 Å². The average Bonchev–Trinajstić information content (AvgIpc) is 2.75. The van der Waals surface area contributed by atoms with Crippen molar-refractivity contribution in [2.45, 2.75) is 31.8 Å². The van der Waals surface area contributed by atoms with E-state index in [1.54, 1.807) is 0 Å². The van der Waals surface area contributed by atoms with Crippen molar-refractivity contribution in [3.8, 4) is 0 Å². The minimum atomic E-state index is 0. The van der Waals surface area contributed by atoms with Crippen LogP contribution in [0.5, 0.6) is 0 Å². The van der Waals surface area contributed by atoms with E-state index >= 15 is 0 Å². The molecule has 0 heterocycles. The van der Waals surface area contributed by atoms with Gasteiger partial charge in [-0.3, -0.25) is 4.79 Å². The molecule has 1 amide bonds. The van der Waals surface area contributed by atoms with Crippen LogP contribution in [0.2, 0.25) is 0 Å². The number of nitrogens with one attached hydrogen (secondary N) is 1. The number of nitrogens with two attached hydrogens (primary N) is 1. The number of hydrogen-bond donors (Lipinski definition) is 2. The molecule has 0 saturated heterocycles. The highest BCUT2D eigenvalue weighted by Crippen LogP contribution is 2.25. The summed E-state index contributed by atoms with van der Waals surface area (Å²) >= 11 is 0. The topological polar surface area (TPSA) is 58.4 Å². The van der Waals surface area contributed by atoms with E-state index in [1.807, 2.05) is 32.3 Å². The van der Waals surface area contributed by atoms with Crippen LogP contribution in [-0.4, -0.2) is 30.9 Å². The summed E-state index contributed by atoms with van der Waals surface area (Å²) in [4.78, 5) is 14.2. The molecule has 1 saturated carbocycles. The van der Waals surface area contributed by atoms with Gasteiger partial charge in [-0.1, -0.05) is 12.1 Å². The van der Waals surface area contributed by atoms with Gasteiger partial charge in [0.05, 0.1) is 0 Å². The number of halogens is 2. The molecular weight excluding hydrogens is 309 g/mol. The second-order valence-corrected chi connectivity index (χ2v) is 5.70. The van der Waals surface area contributed by atoms with Crippen molar-refractivity contribution in [2.24, 2.45) is 11.7 Å². The monoisotopic (exact) mass is 333 g/mol. The Balaban J connectivity index is 0.00000200. The van der Waals surface area contributed by atoms with Crippen molar-refractivity contribution in [1.29, 1.82) is 0 Å². The summed E-state index contributed by atoms with van der Waals surface area (Å²) in [5, 5.41) is 3.01. The molecular formula is C15H25Cl2N3O. The SMILES string of the molecule is CN(C)Cc1cccc(NC(=O)C2CCC(N)C2)c1.Cl.Cl. The third-order valence-corrected chi connectivity index (χ3v) is 3.54. The van der Waals surface area contributed by atoms with Gasteiger partial charge in [0.15, 0.2) is 0 Å². The van der Waals surface area contributed by atoms with Crippen LogP contribution in [0.15, 0.2) is 24.3 Å². The fraction of sp³-hybridized carbons (Fsp3) is 0.533. The molecule has 1 aromatic rings. The maximum atomic E-state index is 12.1. The third-order valence-electron chi connectivity index (χ3n) is 3.54. The fourth-order valence-corrected chi connectivity index (χ4v) is 2.61. The van der Waals surface area contributed by atoms with Gasteiger partial charge < -0.3 is 16.0 Å². The molecule has 4 nitrogen and oxygen atoms in total. The van der Waals surface area contributed by atoms with Gasteiger partial charge in [-0.15, -0.1) is 24.8 Å². The Labute approximate surface area is 139 Å². The number of rotatable bonds is 4. The Morgan fingerprint density at radius 3 is 2.62 bits per heavy atom. The van der Waals surface area contributed by atoms with Crippen LogP contribution < -0.4 is 11.1 Å². The van der Waals surface area contributed by atoms with Gasteiger partial charge >= 0.3 is 0 Å². The van der Waals surface area contributed by atoms with Gasteiger partial charge in [0.2, 0.25) is 5.91 Å². The Bertz CT molecular complexity index is 454. The van der Waals surface area contributed by atoms with E-state index in [0.717, 1.165) is 31.5 Å². The minimum absolute atomic E-state index is 0. The van der Waals surface area contributed by atoms with Crippen molar-refractivity contribution in [3.63, 3.8) is 0 Å². The van der Waals surface area contributed by atoms with Crippen LogP contribution in [0.25, 0.3) is 0 Å². The first-order chi connectivity index (χ1) is 9.04. The summed E-state index contributed by atoms with van der Waals surface area (Å²) in [6, 6.07) is 8.21. The predicted octanol–water partition coefficient (Wildman–Crippen LogP) is 2.66. The van der Waals surface area contributed by atoms with E-state index in [1.165, 1.54) is 5.56 Å². The highest BCUT2D eigenvalue weighted by Gasteiger charge is 2.27. The molecule has 2 unspecified atom stereocenters. The molecule has 1 aliphatic rings. The Morgan fingerprint density at radius 1 is 1.33 bits per heavy atom. The zero-order valence-electron chi connectivity index (χ0n) is 12.5. The molecule has 1 fully saturated rings. The molecule has 0 aromatic heterocycles. The Kier molecular flexibility index (Phi) is 8.90. The normalized spacial score (nSPS) is 20.6. The molecule has 2 atom stereocenters. The summed E-state index contributed by atoms with van der Waals surface area (Å²) in [6.07, 6.45) is 2.67. The lowest BCUT2D eigenvalue weighted by atomic mass is 10.1. The summed E-state index contributed by atoms with van der Waals surface area (Å²) in [5.41, 5.74) is 7.93. The lowest BCUT2D eigenvalue weighted by molar-refractivity contribution is -0.119. The number of nitrogens with zero attached hydrogens (tertiary/aromatic N) is 1. The van der Waals surface area contributed by atoms with Crippen molar-refractivity contribution >= 4 is 36.4 Å². The van der Waals surface area contributed by atoms with Crippen molar-refractivity contribution in [3.05, 3.63) is 29.8 Å². The standard InChI is InChI=1S/C15H23N3O.2ClH/c1-18(2)10-11-4-3-5-14(8-11)17-15(19)12-6-7-13(16)9-12;;/h3-5,8,12-13H,6-7,9-10,16H2,1-2H3,(H,17,19);2*1H. The van der Waals surface area contributed by atoms with Crippen LogP contribution in [-0.2, 0) is 11.3 Å². The van der Waals surface area contributed by atoms with Crippen LogP contribution in [0.3, 0.4) is 0 Å². The number of hydrogen-bond acceptors (Lipinski definition) is 3. The Morgan fingerprint density at radius 2 is 2.05 bits per heavy atom. The maximum absolute atomic E-state index is 12.1. The lowest BCUT2D eigenvalue weighted by Gasteiger charge is -2.13. The molecule has 1 aromatic carbocycles. The number of anilines is 1. The maximum Gasteiger partial charge on any atom is 0.227 e. The molecule has 0 spiro atoms.